The van der Waals surface area contributed by atoms with Crippen LogP contribution in [0.4, 0.5) is 5.69 Å². The van der Waals surface area contributed by atoms with Gasteiger partial charge in [-0.2, -0.15) is 0 Å². The Morgan fingerprint density at radius 3 is 2.12 bits per heavy atom. The van der Waals surface area contributed by atoms with Crippen LogP contribution in [-0.4, -0.2) is 5.78 Å². The number of hydrogen-bond donors (Lipinski definition) is 1. The molecule has 2 aromatic carbocycles. The van der Waals surface area contributed by atoms with Crippen molar-refractivity contribution in [1.29, 1.82) is 0 Å². The summed E-state index contributed by atoms with van der Waals surface area (Å²) in [6, 6.07) is 11.7. The number of carbonyl (C=O) groups is 1. The Hall–Kier alpha value is -1.83. The summed E-state index contributed by atoms with van der Waals surface area (Å²) in [4.78, 5) is 12.3. The van der Waals surface area contributed by atoms with E-state index in [9.17, 15) is 4.79 Å². The SMILES string of the molecule is CC(C)(C)C(=O)c1cc2ccccc2cc1N. The third-order valence-corrected chi connectivity index (χ3v) is 2.84. The van der Waals surface area contributed by atoms with Crippen LogP contribution < -0.4 is 5.73 Å². The Kier molecular flexibility index (Phi) is 2.66. The largest absolute Gasteiger partial charge is 0.398 e. The minimum atomic E-state index is -0.406. The van der Waals surface area contributed by atoms with E-state index in [0.29, 0.717) is 11.3 Å². The predicted molar refractivity (Wildman–Crippen MR) is 72.1 cm³/mol. The molecule has 2 N–H and O–H groups in total. The molecule has 17 heavy (non-hydrogen) atoms. The molecule has 0 radical (unpaired) electrons. The number of nitrogens with two attached hydrogens (primary N) is 1. The second-order valence-electron chi connectivity index (χ2n) is 5.37. The topological polar surface area (TPSA) is 43.1 Å². The lowest BCUT2D eigenvalue weighted by molar-refractivity contribution is 0.0859. The zero-order valence-corrected chi connectivity index (χ0v) is 10.4. The lowest BCUT2D eigenvalue weighted by Gasteiger charge is -2.18. The summed E-state index contributed by atoms with van der Waals surface area (Å²) in [7, 11) is 0. The zero-order chi connectivity index (χ0) is 12.6. The van der Waals surface area contributed by atoms with E-state index in [2.05, 4.69) is 0 Å². The molecule has 88 valence electrons. The Morgan fingerprint density at radius 2 is 1.59 bits per heavy atom. The van der Waals surface area contributed by atoms with E-state index in [0.717, 1.165) is 10.8 Å². The fourth-order valence-electron chi connectivity index (χ4n) is 1.86. The number of carbonyl (C=O) groups excluding carboxylic acids is 1. The van der Waals surface area contributed by atoms with Crippen LogP contribution in [0.1, 0.15) is 31.1 Å². The van der Waals surface area contributed by atoms with E-state index >= 15 is 0 Å². The molecule has 0 aromatic heterocycles. The first-order valence-corrected chi connectivity index (χ1v) is 5.72. The number of nitrogen functional groups attached to an aromatic ring is 1. The summed E-state index contributed by atoms with van der Waals surface area (Å²) in [5, 5.41) is 2.12. The molecule has 0 amide bonds. The molecule has 0 aliphatic rings. The summed E-state index contributed by atoms with van der Waals surface area (Å²) in [5.74, 6) is 0.0840. The molecule has 0 unspecified atom stereocenters. The Labute approximate surface area is 101 Å². The number of ketones is 1. The van der Waals surface area contributed by atoms with Crippen molar-refractivity contribution in [2.45, 2.75) is 20.8 Å². The van der Waals surface area contributed by atoms with Crippen LogP contribution in [0.2, 0.25) is 0 Å². The average molecular weight is 227 g/mol. The molecule has 0 saturated carbocycles. The third kappa shape index (κ3) is 2.16. The molecule has 0 atom stereocenters. The van der Waals surface area contributed by atoms with Crippen molar-refractivity contribution in [3.8, 4) is 0 Å². The highest BCUT2D eigenvalue weighted by molar-refractivity contribution is 6.07. The average Bonchev–Trinajstić information content (AvgIpc) is 2.26. The molecule has 0 aliphatic heterocycles. The number of anilines is 1. The van der Waals surface area contributed by atoms with Gasteiger partial charge in [0.05, 0.1) is 0 Å². The van der Waals surface area contributed by atoms with Gasteiger partial charge in [0.15, 0.2) is 5.78 Å². The van der Waals surface area contributed by atoms with Crippen LogP contribution in [0.25, 0.3) is 10.8 Å². The monoisotopic (exact) mass is 227 g/mol. The molecule has 0 bridgehead atoms. The fourth-order valence-corrected chi connectivity index (χ4v) is 1.86. The van der Waals surface area contributed by atoms with Gasteiger partial charge in [-0.1, -0.05) is 45.0 Å². The first-order valence-electron chi connectivity index (χ1n) is 5.72. The highest BCUT2D eigenvalue weighted by Crippen LogP contribution is 2.28. The fraction of sp³-hybridized carbons (Fsp3) is 0.267. The second kappa shape index (κ2) is 3.88. The van der Waals surface area contributed by atoms with E-state index in [1.807, 2.05) is 57.2 Å². The number of rotatable bonds is 1. The van der Waals surface area contributed by atoms with E-state index in [1.54, 1.807) is 0 Å². The molecule has 0 heterocycles. The standard InChI is InChI=1S/C15H17NO/c1-15(2,3)14(17)12-8-10-6-4-5-7-11(10)9-13(12)16/h4-9H,16H2,1-3H3. The molecular weight excluding hydrogens is 210 g/mol. The lowest BCUT2D eigenvalue weighted by Crippen LogP contribution is -2.21. The van der Waals surface area contributed by atoms with Crippen molar-refractivity contribution in [3.63, 3.8) is 0 Å². The molecule has 2 aromatic rings. The molecule has 0 spiro atoms. The van der Waals surface area contributed by atoms with Gasteiger partial charge in [-0.3, -0.25) is 4.79 Å². The van der Waals surface area contributed by atoms with E-state index in [-0.39, 0.29) is 5.78 Å². The molecule has 0 fully saturated rings. The van der Waals surface area contributed by atoms with Crippen LogP contribution in [0, 0.1) is 5.41 Å². The normalized spacial score (nSPS) is 11.7. The van der Waals surface area contributed by atoms with Crippen molar-refractivity contribution in [2.24, 2.45) is 5.41 Å². The maximum Gasteiger partial charge on any atom is 0.170 e. The molecule has 2 heteroatoms. The van der Waals surface area contributed by atoms with Gasteiger partial charge >= 0.3 is 0 Å². The van der Waals surface area contributed by atoms with E-state index in [4.69, 9.17) is 5.73 Å². The van der Waals surface area contributed by atoms with Crippen LogP contribution in [0.5, 0.6) is 0 Å². The van der Waals surface area contributed by atoms with Crippen molar-refractivity contribution in [3.05, 3.63) is 42.0 Å². The first kappa shape index (κ1) is 11.6. The zero-order valence-electron chi connectivity index (χ0n) is 10.4. The number of fused-ring (bicyclic) bond motifs is 1. The highest BCUT2D eigenvalue weighted by Gasteiger charge is 2.24. The van der Waals surface area contributed by atoms with Gasteiger partial charge < -0.3 is 5.73 Å². The van der Waals surface area contributed by atoms with E-state index < -0.39 is 5.41 Å². The summed E-state index contributed by atoms with van der Waals surface area (Å²) < 4.78 is 0. The van der Waals surface area contributed by atoms with Crippen molar-refractivity contribution in [1.82, 2.24) is 0 Å². The van der Waals surface area contributed by atoms with Gasteiger partial charge in [0.25, 0.3) is 0 Å². The van der Waals surface area contributed by atoms with Gasteiger partial charge in [0, 0.05) is 16.7 Å². The number of hydrogen-bond acceptors (Lipinski definition) is 2. The lowest BCUT2D eigenvalue weighted by atomic mass is 9.85. The third-order valence-electron chi connectivity index (χ3n) is 2.84. The van der Waals surface area contributed by atoms with E-state index in [1.165, 1.54) is 0 Å². The molecule has 0 saturated heterocycles. The van der Waals surface area contributed by atoms with Crippen molar-refractivity contribution >= 4 is 22.2 Å². The summed E-state index contributed by atoms with van der Waals surface area (Å²) in [5.41, 5.74) is 6.74. The van der Waals surface area contributed by atoms with Gasteiger partial charge in [0.2, 0.25) is 0 Å². The minimum absolute atomic E-state index is 0.0840. The number of Topliss-reactive ketones (excluding diaryl/α,β-unsaturated/α-hetero) is 1. The minimum Gasteiger partial charge on any atom is -0.398 e. The van der Waals surface area contributed by atoms with Crippen LogP contribution in [0.15, 0.2) is 36.4 Å². The predicted octanol–water partition coefficient (Wildman–Crippen LogP) is 3.65. The molecular formula is C15H17NO. The van der Waals surface area contributed by atoms with Crippen LogP contribution >= 0.6 is 0 Å². The molecule has 0 aliphatic carbocycles. The van der Waals surface area contributed by atoms with Crippen LogP contribution in [-0.2, 0) is 0 Å². The van der Waals surface area contributed by atoms with Gasteiger partial charge in [-0.15, -0.1) is 0 Å². The maximum atomic E-state index is 12.3. The summed E-state index contributed by atoms with van der Waals surface area (Å²) in [6.07, 6.45) is 0. The first-order chi connectivity index (χ1) is 7.89. The summed E-state index contributed by atoms with van der Waals surface area (Å²) >= 11 is 0. The highest BCUT2D eigenvalue weighted by atomic mass is 16.1. The maximum absolute atomic E-state index is 12.3. The second-order valence-corrected chi connectivity index (χ2v) is 5.37. The smallest absolute Gasteiger partial charge is 0.170 e. The quantitative estimate of drug-likeness (QED) is 0.597. The van der Waals surface area contributed by atoms with Gasteiger partial charge in [0.1, 0.15) is 0 Å². The Bertz CT molecular complexity index is 579. The molecule has 2 nitrogen and oxygen atoms in total. The summed E-state index contributed by atoms with van der Waals surface area (Å²) in [6.45, 7) is 5.72. The molecule has 2 rings (SSSR count). The Balaban J connectivity index is 2.63. The van der Waals surface area contributed by atoms with Crippen LogP contribution in [0.3, 0.4) is 0 Å². The van der Waals surface area contributed by atoms with Crippen molar-refractivity contribution in [2.75, 3.05) is 5.73 Å². The number of benzene rings is 2. The Morgan fingerprint density at radius 1 is 1.06 bits per heavy atom. The van der Waals surface area contributed by atoms with Crippen molar-refractivity contribution < 1.29 is 4.79 Å². The van der Waals surface area contributed by atoms with Gasteiger partial charge in [-0.25, -0.2) is 0 Å². The van der Waals surface area contributed by atoms with Gasteiger partial charge in [-0.05, 0) is 22.9 Å².